The molecule has 1 amide bonds. The molecule has 1 fully saturated rings. The first-order valence-corrected chi connectivity index (χ1v) is 9.88. The standard InChI is InChI=1S/C20H22N6O3/c27-20(25-9-1-2-10-25)8-7-19-23-22-18-6-5-17(24-26(18)19)21-12-14-3-4-15-16(11-14)29-13-28-15/h3-6,11H,1-2,7-10,12-13H2,(H,21,24). The zero-order valence-electron chi connectivity index (χ0n) is 16.0. The van der Waals surface area contributed by atoms with Crippen molar-refractivity contribution in [3.63, 3.8) is 0 Å². The molecule has 0 bridgehead atoms. The van der Waals surface area contributed by atoms with Crippen molar-refractivity contribution in [1.82, 2.24) is 24.7 Å². The Balaban J connectivity index is 1.25. The quantitative estimate of drug-likeness (QED) is 0.684. The Morgan fingerprint density at radius 2 is 1.93 bits per heavy atom. The Bertz CT molecular complexity index is 1040. The van der Waals surface area contributed by atoms with Crippen LogP contribution in [0.5, 0.6) is 11.5 Å². The third-order valence-electron chi connectivity index (χ3n) is 5.26. The molecule has 0 unspecified atom stereocenters. The molecule has 2 aliphatic heterocycles. The number of aromatic nitrogens is 4. The largest absolute Gasteiger partial charge is 0.454 e. The normalized spacial score (nSPS) is 15.2. The second kappa shape index (κ2) is 7.57. The first-order valence-electron chi connectivity index (χ1n) is 9.88. The summed E-state index contributed by atoms with van der Waals surface area (Å²) >= 11 is 0. The first-order chi connectivity index (χ1) is 14.3. The van der Waals surface area contributed by atoms with Crippen LogP contribution in [0.3, 0.4) is 0 Å². The lowest BCUT2D eigenvalue weighted by Crippen LogP contribution is -2.27. The van der Waals surface area contributed by atoms with E-state index in [4.69, 9.17) is 9.47 Å². The van der Waals surface area contributed by atoms with E-state index in [1.54, 1.807) is 4.52 Å². The van der Waals surface area contributed by atoms with E-state index in [0.717, 1.165) is 43.0 Å². The molecule has 4 heterocycles. The van der Waals surface area contributed by atoms with Gasteiger partial charge in [-0.15, -0.1) is 15.3 Å². The highest BCUT2D eigenvalue weighted by Gasteiger charge is 2.19. The van der Waals surface area contributed by atoms with Gasteiger partial charge in [-0.1, -0.05) is 6.07 Å². The molecular weight excluding hydrogens is 372 g/mol. The molecule has 2 aliphatic rings. The summed E-state index contributed by atoms with van der Waals surface area (Å²) in [6.45, 7) is 2.60. The van der Waals surface area contributed by atoms with Gasteiger partial charge in [0.05, 0.1) is 0 Å². The van der Waals surface area contributed by atoms with Crippen LogP contribution in [0.1, 0.15) is 30.7 Å². The van der Waals surface area contributed by atoms with Crippen molar-refractivity contribution < 1.29 is 14.3 Å². The number of benzene rings is 1. The lowest BCUT2D eigenvalue weighted by Gasteiger charge is -2.14. The van der Waals surface area contributed by atoms with Crippen LogP contribution in [0.25, 0.3) is 5.65 Å². The zero-order valence-corrected chi connectivity index (χ0v) is 16.0. The van der Waals surface area contributed by atoms with Crippen LogP contribution in [0.2, 0.25) is 0 Å². The first kappa shape index (κ1) is 17.7. The third kappa shape index (κ3) is 3.67. The fourth-order valence-corrected chi connectivity index (χ4v) is 3.67. The molecule has 3 aromatic rings. The van der Waals surface area contributed by atoms with Crippen molar-refractivity contribution in [1.29, 1.82) is 0 Å². The minimum Gasteiger partial charge on any atom is -0.454 e. The number of rotatable bonds is 6. The van der Waals surface area contributed by atoms with Gasteiger partial charge >= 0.3 is 0 Å². The molecule has 1 saturated heterocycles. The summed E-state index contributed by atoms with van der Waals surface area (Å²) in [6, 6.07) is 9.60. The fourth-order valence-electron chi connectivity index (χ4n) is 3.67. The SMILES string of the molecule is O=C(CCc1nnc2ccc(NCc3ccc4c(c3)OCO4)nn12)N1CCCC1. The third-order valence-corrected chi connectivity index (χ3v) is 5.26. The van der Waals surface area contributed by atoms with E-state index < -0.39 is 0 Å². The van der Waals surface area contributed by atoms with Gasteiger partial charge in [0, 0.05) is 32.5 Å². The summed E-state index contributed by atoms with van der Waals surface area (Å²) < 4.78 is 12.5. The van der Waals surface area contributed by atoms with Crippen molar-refractivity contribution in [3.05, 3.63) is 41.7 Å². The maximum atomic E-state index is 12.3. The van der Waals surface area contributed by atoms with E-state index in [-0.39, 0.29) is 12.7 Å². The molecule has 0 aliphatic carbocycles. The highest BCUT2D eigenvalue weighted by Crippen LogP contribution is 2.32. The molecule has 0 saturated carbocycles. The monoisotopic (exact) mass is 394 g/mol. The number of nitrogens with one attached hydrogen (secondary N) is 1. The van der Waals surface area contributed by atoms with Crippen molar-refractivity contribution in [3.8, 4) is 11.5 Å². The maximum absolute atomic E-state index is 12.3. The molecule has 1 aromatic carbocycles. The van der Waals surface area contributed by atoms with Gasteiger partial charge in [-0.05, 0) is 42.7 Å². The van der Waals surface area contributed by atoms with Gasteiger partial charge in [0.25, 0.3) is 0 Å². The van der Waals surface area contributed by atoms with Gasteiger partial charge in [0.1, 0.15) is 5.82 Å². The minimum absolute atomic E-state index is 0.177. The van der Waals surface area contributed by atoms with Gasteiger partial charge in [0.15, 0.2) is 23.0 Å². The number of nitrogens with zero attached hydrogens (tertiary/aromatic N) is 5. The number of carbonyl (C=O) groups is 1. The summed E-state index contributed by atoms with van der Waals surface area (Å²) in [7, 11) is 0. The van der Waals surface area contributed by atoms with Crippen LogP contribution in [0, 0.1) is 0 Å². The molecule has 9 heteroatoms. The van der Waals surface area contributed by atoms with E-state index in [1.807, 2.05) is 35.2 Å². The fraction of sp³-hybridized carbons (Fsp3) is 0.400. The van der Waals surface area contributed by atoms with Crippen LogP contribution in [-0.2, 0) is 17.8 Å². The van der Waals surface area contributed by atoms with Gasteiger partial charge in [-0.25, -0.2) is 0 Å². The second-order valence-electron chi connectivity index (χ2n) is 7.23. The van der Waals surface area contributed by atoms with Gasteiger partial charge in [-0.3, -0.25) is 4.79 Å². The topological polar surface area (TPSA) is 93.9 Å². The van der Waals surface area contributed by atoms with Crippen LogP contribution in [0.15, 0.2) is 30.3 Å². The van der Waals surface area contributed by atoms with Crippen molar-refractivity contribution in [2.75, 3.05) is 25.2 Å². The number of anilines is 1. The molecule has 29 heavy (non-hydrogen) atoms. The van der Waals surface area contributed by atoms with Gasteiger partial charge in [0.2, 0.25) is 12.7 Å². The number of hydrogen-bond donors (Lipinski definition) is 1. The Morgan fingerprint density at radius 3 is 2.83 bits per heavy atom. The van der Waals surface area contributed by atoms with Gasteiger partial charge < -0.3 is 19.7 Å². The van der Waals surface area contributed by atoms with E-state index in [9.17, 15) is 4.79 Å². The zero-order chi connectivity index (χ0) is 19.6. The average molecular weight is 394 g/mol. The number of carbonyl (C=O) groups excluding carboxylic acids is 1. The van der Waals surface area contributed by atoms with Crippen LogP contribution < -0.4 is 14.8 Å². The molecule has 0 atom stereocenters. The maximum Gasteiger partial charge on any atom is 0.231 e. The smallest absolute Gasteiger partial charge is 0.231 e. The van der Waals surface area contributed by atoms with E-state index >= 15 is 0 Å². The molecule has 9 nitrogen and oxygen atoms in total. The number of hydrogen-bond acceptors (Lipinski definition) is 7. The number of likely N-dealkylation sites (tertiary alicyclic amines) is 1. The molecule has 2 aromatic heterocycles. The minimum atomic E-state index is 0.177. The Morgan fingerprint density at radius 1 is 1.07 bits per heavy atom. The van der Waals surface area contributed by atoms with E-state index in [2.05, 4.69) is 20.6 Å². The Kier molecular flexibility index (Phi) is 4.63. The lowest BCUT2D eigenvalue weighted by molar-refractivity contribution is -0.130. The highest BCUT2D eigenvalue weighted by molar-refractivity contribution is 5.76. The summed E-state index contributed by atoms with van der Waals surface area (Å²) in [4.78, 5) is 14.2. The average Bonchev–Trinajstić information content (AvgIpc) is 3.50. The molecule has 0 spiro atoms. The summed E-state index contributed by atoms with van der Waals surface area (Å²) in [5.74, 6) is 3.11. The number of ether oxygens (including phenoxy) is 2. The van der Waals surface area contributed by atoms with Crippen molar-refractivity contribution >= 4 is 17.4 Å². The molecule has 5 rings (SSSR count). The second-order valence-corrected chi connectivity index (χ2v) is 7.23. The summed E-state index contributed by atoms with van der Waals surface area (Å²) in [6.07, 6.45) is 3.14. The number of fused-ring (bicyclic) bond motifs is 2. The van der Waals surface area contributed by atoms with E-state index in [0.29, 0.717) is 36.7 Å². The highest BCUT2D eigenvalue weighted by atomic mass is 16.7. The van der Waals surface area contributed by atoms with Crippen molar-refractivity contribution in [2.24, 2.45) is 0 Å². The molecule has 150 valence electrons. The van der Waals surface area contributed by atoms with Gasteiger partial charge in [-0.2, -0.15) is 4.52 Å². The predicted molar refractivity (Wildman–Crippen MR) is 105 cm³/mol. The predicted octanol–water partition coefficient (Wildman–Crippen LogP) is 2.02. The number of amides is 1. The lowest BCUT2D eigenvalue weighted by atomic mass is 10.2. The van der Waals surface area contributed by atoms with Crippen LogP contribution >= 0.6 is 0 Å². The Labute approximate surface area is 167 Å². The molecular formula is C20H22N6O3. The number of aryl methyl sites for hydroxylation is 1. The molecule has 0 radical (unpaired) electrons. The van der Waals surface area contributed by atoms with E-state index in [1.165, 1.54) is 0 Å². The Hall–Kier alpha value is -3.36. The summed E-state index contributed by atoms with van der Waals surface area (Å²) in [5.41, 5.74) is 1.73. The molecule has 1 N–H and O–H groups in total. The van der Waals surface area contributed by atoms with Crippen molar-refractivity contribution in [2.45, 2.75) is 32.2 Å². The summed E-state index contributed by atoms with van der Waals surface area (Å²) in [5, 5.41) is 16.3. The van der Waals surface area contributed by atoms with Crippen LogP contribution in [0.4, 0.5) is 5.82 Å². The van der Waals surface area contributed by atoms with Crippen LogP contribution in [-0.4, -0.2) is 50.5 Å².